The Hall–Kier alpha value is -2.53. The molecule has 0 heterocycles. The maximum atomic E-state index is 12.3. The highest BCUT2D eigenvalue weighted by Crippen LogP contribution is 2.44. The number of carbonyl (C=O) groups is 1. The lowest BCUT2D eigenvalue weighted by Crippen LogP contribution is -2.10. The number of ether oxygens (including phenoxy) is 4. The van der Waals surface area contributed by atoms with Crippen LogP contribution in [0.1, 0.15) is 17.5 Å². The highest BCUT2D eigenvalue weighted by Gasteiger charge is 2.30. The van der Waals surface area contributed by atoms with Gasteiger partial charge in [-0.15, -0.1) is 0 Å². The number of esters is 1. The van der Waals surface area contributed by atoms with Gasteiger partial charge < -0.3 is 18.9 Å². The molecular formula is C20H22O5. The lowest BCUT2D eigenvalue weighted by molar-refractivity contribution is -0.136. The van der Waals surface area contributed by atoms with Gasteiger partial charge in [-0.2, -0.15) is 0 Å². The smallest absolute Gasteiger partial charge is 0.334 e. The van der Waals surface area contributed by atoms with Gasteiger partial charge in [0.25, 0.3) is 0 Å². The summed E-state index contributed by atoms with van der Waals surface area (Å²) in [5.74, 6) is 0.978. The lowest BCUT2D eigenvalue weighted by Gasteiger charge is -2.17. The van der Waals surface area contributed by atoms with Gasteiger partial charge in [-0.1, -0.05) is 18.2 Å². The zero-order valence-corrected chi connectivity index (χ0v) is 14.9. The quantitative estimate of drug-likeness (QED) is 0.770. The number of benzene rings is 1. The molecule has 25 heavy (non-hydrogen) atoms. The Balaban J connectivity index is 2.11. The zero-order chi connectivity index (χ0) is 18.0. The molecule has 0 aromatic heterocycles. The molecule has 1 aromatic rings. The van der Waals surface area contributed by atoms with Crippen LogP contribution in [0.25, 0.3) is 5.57 Å². The van der Waals surface area contributed by atoms with Crippen molar-refractivity contribution >= 4 is 11.5 Å². The fourth-order valence-corrected chi connectivity index (χ4v) is 3.33. The number of methoxy groups -OCH3 is 4. The van der Waals surface area contributed by atoms with E-state index in [0.29, 0.717) is 23.5 Å². The Kier molecular flexibility index (Phi) is 4.95. The average Bonchev–Trinajstić information content (AvgIpc) is 3.04. The first-order chi connectivity index (χ1) is 12.1. The second-order valence-corrected chi connectivity index (χ2v) is 5.91. The molecule has 1 aromatic carbocycles. The average molecular weight is 342 g/mol. The molecule has 0 saturated heterocycles. The molecule has 0 spiro atoms. The minimum Gasteiger partial charge on any atom is -0.493 e. The predicted molar refractivity (Wildman–Crippen MR) is 94.8 cm³/mol. The summed E-state index contributed by atoms with van der Waals surface area (Å²) in [5, 5.41) is 0. The molecule has 5 nitrogen and oxygen atoms in total. The van der Waals surface area contributed by atoms with Crippen LogP contribution in [0, 0.1) is 0 Å². The molecule has 0 fully saturated rings. The van der Waals surface area contributed by atoms with E-state index in [1.165, 1.54) is 7.11 Å². The van der Waals surface area contributed by atoms with Crippen LogP contribution >= 0.6 is 0 Å². The van der Waals surface area contributed by atoms with E-state index >= 15 is 0 Å². The van der Waals surface area contributed by atoms with Crippen LogP contribution in [-0.2, 0) is 20.7 Å². The Morgan fingerprint density at radius 2 is 1.80 bits per heavy atom. The van der Waals surface area contributed by atoms with Crippen molar-refractivity contribution in [3.05, 3.63) is 52.6 Å². The molecule has 0 N–H and O–H groups in total. The highest BCUT2D eigenvalue weighted by atomic mass is 16.5. The first-order valence-corrected chi connectivity index (χ1v) is 8.11. The van der Waals surface area contributed by atoms with Crippen molar-refractivity contribution in [1.82, 2.24) is 0 Å². The second kappa shape index (κ2) is 7.15. The molecule has 0 saturated carbocycles. The number of rotatable bonds is 5. The number of hydrogen-bond donors (Lipinski definition) is 0. The summed E-state index contributed by atoms with van der Waals surface area (Å²) in [5.41, 5.74) is 4.55. The summed E-state index contributed by atoms with van der Waals surface area (Å²) >= 11 is 0. The van der Waals surface area contributed by atoms with E-state index in [-0.39, 0.29) is 12.1 Å². The van der Waals surface area contributed by atoms with Crippen LogP contribution in [0.15, 0.2) is 41.5 Å². The van der Waals surface area contributed by atoms with Gasteiger partial charge in [0.1, 0.15) is 0 Å². The third kappa shape index (κ3) is 3.07. The molecular weight excluding hydrogens is 320 g/mol. The summed E-state index contributed by atoms with van der Waals surface area (Å²) < 4.78 is 21.2. The van der Waals surface area contributed by atoms with Crippen LogP contribution in [0.2, 0.25) is 0 Å². The summed E-state index contributed by atoms with van der Waals surface area (Å²) in [6, 6.07) is 3.85. The van der Waals surface area contributed by atoms with Gasteiger partial charge in [0, 0.05) is 19.1 Å². The molecule has 0 amide bonds. The van der Waals surface area contributed by atoms with Crippen molar-refractivity contribution in [3.63, 3.8) is 0 Å². The van der Waals surface area contributed by atoms with E-state index in [0.717, 1.165) is 28.7 Å². The van der Waals surface area contributed by atoms with Gasteiger partial charge in [0.15, 0.2) is 11.5 Å². The zero-order valence-electron chi connectivity index (χ0n) is 14.9. The molecule has 3 rings (SSSR count). The van der Waals surface area contributed by atoms with E-state index < -0.39 is 0 Å². The minimum atomic E-state index is -0.313. The first kappa shape index (κ1) is 17.3. The number of carbonyl (C=O) groups excluding carboxylic acids is 1. The van der Waals surface area contributed by atoms with Gasteiger partial charge in [-0.3, -0.25) is 0 Å². The van der Waals surface area contributed by atoms with Crippen molar-refractivity contribution in [2.75, 3.05) is 28.4 Å². The van der Waals surface area contributed by atoms with Gasteiger partial charge in [0.2, 0.25) is 0 Å². The third-order valence-electron chi connectivity index (χ3n) is 4.63. The van der Waals surface area contributed by atoms with Crippen LogP contribution < -0.4 is 9.47 Å². The summed E-state index contributed by atoms with van der Waals surface area (Å²) in [4.78, 5) is 12.3. The van der Waals surface area contributed by atoms with E-state index in [9.17, 15) is 4.79 Å². The first-order valence-electron chi connectivity index (χ1n) is 8.11. The lowest BCUT2D eigenvalue weighted by atomic mass is 9.92. The fourth-order valence-electron chi connectivity index (χ4n) is 3.33. The molecule has 0 radical (unpaired) electrons. The summed E-state index contributed by atoms with van der Waals surface area (Å²) in [6.07, 6.45) is 7.45. The standard InChI is InChI=1S/C20H22O5/c1-22-14-7-5-12(6-8-14)19-15-11-18(24-3)17(23-2)10-13(15)9-16(19)20(21)25-4/h5-7,10-11,14H,8-9H2,1-4H3. The van der Waals surface area contributed by atoms with Crippen LogP contribution in [0.4, 0.5) is 0 Å². The van der Waals surface area contributed by atoms with Gasteiger partial charge >= 0.3 is 5.97 Å². The Morgan fingerprint density at radius 3 is 2.36 bits per heavy atom. The molecule has 2 aliphatic carbocycles. The maximum absolute atomic E-state index is 12.3. The van der Waals surface area contributed by atoms with Crippen molar-refractivity contribution in [3.8, 4) is 11.5 Å². The van der Waals surface area contributed by atoms with Crippen molar-refractivity contribution in [2.45, 2.75) is 18.9 Å². The fraction of sp³-hybridized carbons (Fsp3) is 0.350. The molecule has 1 atom stereocenters. The Bertz CT molecular complexity index is 786. The Labute approximate surface area is 147 Å². The SMILES string of the molecule is COC(=O)C1=C(C2=CCC(OC)C=C2)c2cc(OC)c(OC)cc2C1. The van der Waals surface area contributed by atoms with Crippen molar-refractivity contribution in [1.29, 1.82) is 0 Å². The van der Waals surface area contributed by atoms with E-state index in [1.807, 2.05) is 24.3 Å². The van der Waals surface area contributed by atoms with Crippen LogP contribution in [0.3, 0.4) is 0 Å². The second-order valence-electron chi connectivity index (χ2n) is 5.91. The summed E-state index contributed by atoms with van der Waals surface area (Å²) in [6.45, 7) is 0. The predicted octanol–water partition coefficient (Wildman–Crippen LogP) is 3.09. The van der Waals surface area contributed by atoms with E-state index in [1.54, 1.807) is 21.3 Å². The molecule has 2 aliphatic rings. The minimum absolute atomic E-state index is 0.0669. The van der Waals surface area contributed by atoms with E-state index in [2.05, 4.69) is 6.08 Å². The summed E-state index contributed by atoms with van der Waals surface area (Å²) in [7, 11) is 6.30. The van der Waals surface area contributed by atoms with Crippen LogP contribution in [0.5, 0.6) is 11.5 Å². The number of fused-ring (bicyclic) bond motifs is 1. The van der Waals surface area contributed by atoms with Crippen molar-refractivity contribution in [2.24, 2.45) is 0 Å². The Morgan fingerprint density at radius 1 is 1.08 bits per heavy atom. The van der Waals surface area contributed by atoms with E-state index in [4.69, 9.17) is 18.9 Å². The highest BCUT2D eigenvalue weighted by molar-refractivity contribution is 6.06. The number of hydrogen-bond acceptors (Lipinski definition) is 5. The topological polar surface area (TPSA) is 54.0 Å². The molecule has 5 heteroatoms. The largest absolute Gasteiger partial charge is 0.493 e. The van der Waals surface area contributed by atoms with Crippen LogP contribution in [-0.4, -0.2) is 40.5 Å². The molecule has 132 valence electrons. The molecule has 0 bridgehead atoms. The maximum Gasteiger partial charge on any atom is 0.334 e. The third-order valence-corrected chi connectivity index (χ3v) is 4.63. The number of allylic oxidation sites excluding steroid dienone is 3. The molecule has 1 unspecified atom stereocenters. The normalized spacial score (nSPS) is 18.7. The van der Waals surface area contributed by atoms with Gasteiger partial charge in [-0.25, -0.2) is 4.79 Å². The van der Waals surface area contributed by atoms with Gasteiger partial charge in [-0.05, 0) is 40.8 Å². The molecule has 0 aliphatic heterocycles. The van der Waals surface area contributed by atoms with Crippen molar-refractivity contribution < 1.29 is 23.7 Å². The monoisotopic (exact) mass is 342 g/mol. The van der Waals surface area contributed by atoms with Gasteiger partial charge in [0.05, 0.1) is 27.4 Å².